The van der Waals surface area contributed by atoms with Gasteiger partial charge >= 0.3 is 0 Å². The lowest BCUT2D eigenvalue weighted by molar-refractivity contribution is -0.126. The number of aliphatic hydroxyl groups is 1. The monoisotopic (exact) mass is 215 g/mol. The summed E-state index contributed by atoms with van der Waals surface area (Å²) in [5.74, 6) is 0. The Bertz CT molecular complexity index is 192. The summed E-state index contributed by atoms with van der Waals surface area (Å²) in [5, 5.41) is 12.5. The molecule has 0 spiro atoms. The van der Waals surface area contributed by atoms with E-state index in [-0.39, 0.29) is 18.1 Å². The van der Waals surface area contributed by atoms with Gasteiger partial charge in [-0.25, -0.2) is 0 Å². The first kappa shape index (κ1) is 12.9. The molecule has 0 saturated heterocycles. The molecule has 1 fully saturated rings. The van der Waals surface area contributed by atoms with Crippen LogP contribution in [0, 0.1) is 5.41 Å². The Balaban J connectivity index is 2.60. The molecule has 0 radical (unpaired) electrons. The molecule has 1 saturated carbocycles. The Morgan fingerprint density at radius 3 is 2.47 bits per heavy atom. The molecular weight excluding hydrogens is 190 g/mol. The van der Waals surface area contributed by atoms with E-state index in [2.05, 4.69) is 19.2 Å². The number of hydrogen-bond donors (Lipinski definition) is 2. The van der Waals surface area contributed by atoms with Crippen LogP contribution in [0.3, 0.4) is 0 Å². The summed E-state index contributed by atoms with van der Waals surface area (Å²) >= 11 is 0. The van der Waals surface area contributed by atoms with E-state index in [1.807, 2.05) is 6.92 Å². The SMILES string of the molecule is CCC1(CC)[C@H](N[C@@H](C)CO)C[C@H]1OC. The van der Waals surface area contributed by atoms with Crippen LogP contribution in [0.25, 0.3) is 0 Å². The molecule has 1 rings (SSSR count). The predicted molar refractivity (Wildman–Crippen MR) is 61.9 cm³/mol. The summed E-state index contributed by atoms with van der Waals surface area (Å²) < 4.78 is 5.53. The summed E-state index contributed by atoms with van der Waals surface area (Å²) in [5.41, 5.74) is 0.276. The molecule has 1 aliphatic carbocycles. The summed E-state index contributed by atoms with van der Waals surface area (Å²) in [4.78, 5) is 0. The van der Waals surface area contributed by atoms with Crippen LogP contribution in [-0.4, -0.2) is 37.0 Å². The molecule has 0 aromatic carbocycles. The molecule has 2 N–H and O–H groups in total. The van der Waals surface area contributed by atoms with E-state index in [1.165, 1.54) is 0 Å². The maximum absolute atomic E-state index is 9.05. The molecule has 0 unspecified atom stereocenters. The smallest absolute Gasteiger partial charge is 0.0657 e. The zero-order chi connectivity index (χ0) is 11.5. The van der Waals surface area contributed by atoms with Gasteiger partial charge in [0, 0.05) is 24.6 Å². The molecule has 0 bridgehead atoms. The van der Waals surface area contributed by atoms with Crippen LogP contribution in [0.2, 0.25) is 0 Å². The second-order valence-electron chi connectivity index (χ2n) is 4.70. The fraction of sp³-hybridized carbons (Fsp3) is 1.00. The minimum Gasteiger partial charge on any atom is -0.395 e. The summed E-state index contributed by atoms with van der Waals surface area (Å²) in [6.45, 7) is 6.69. The maximum atomic E-state index is 9.05. The molecule has 15 heavy (non-hydrogen) atoms. The number of ether oxygens (including phenoxy) is 1. The zero-order valence-corrected chi connectivity index (χ0v) is 10.4. The van der Waals surface area contributed by atoms with Gasteiger partial charge in [0.25, 0.3) is 0 Å². The Kier molecular flexibility index (Phi) is 4.56. The fourth-order valence-electron chi connectivity index (χ4n) is 2.91. The summed E-state index contributed by atoms with van der Waals surface area (Å²) in [6.07, 6.45) is 3.73. The quantitative estimate of drug-likeness (QED) is 0.706. The maximum Gasteiger partial charge on any atom is 0.0657 e. The van der Waals surface area contributed by atoms with Crippen molar-refractivity contribution in [3.63, 3.8) is 0 Å². The topological polar surface area (TPSA) is 41.5 Å². The van der Waals surface area contributed by atoms with E-state index in [0.717, 1.165) is 19.3 Å². The number of rotatable bonds is 6. The molecule has 0 aromatic heterocycles. The lowest BCUT2D eigenvalue weighted by Crippen LogP contribution is -2.64. The van der Waals surface area contributed by atoms with Gasteiger partial charge in [-0.3, -0.25) is 0 Å². The number of hydrogen-bond acceptors (Lipinski definition) is 3. The minimum absolute atomic E-state index is 0.185. The Morgan fingerprint density at radius 1 is 1.47 bits per heavy atom. The van der Waals surface area contributed by atoms with E-state index in [0.29, 0.717) is 12.1 Å². The van der Waals surface area contributed by atoms with Gasteiger partial charge in [-0.05, 0) is 26.2 Å². The van der Waals surface area contributed by atoms with E-state index < -0.39 is 0 Å². The van der Waals surface area contributed by atoms with Crippen molar-refractivity contribution in [2.24, 2.45) is 5.41 Å². The first-order chi connectivity index (χ1) is 7.14. The van der Waals surface area contributed by atoms with Crippen molar-refractivity contribution >= 4 is 0 Å². The van der Waals surface area contributed by atoms with Crippen LogP contribution in [0.4, 0.5) is 0 Å². The van der Waals surface area contributed by atoms with Crippen molar-refractivity contribution in [1.82, 2.24) is 5.32 Å². The van der Waals surface area contributed by atoms with E-state index in [1.54, 1.807) is 7.11 Å². The van der Waals surface area contributed by atoms with Gasteiger partial charge in [-0.2, -0.15) is 0 Å². The number of aliphatic hydroxyl groups excluding tert-OH is 1. The van der Waals surface area contributed by atoms with Gasteiger partial charge in [0.1, 0.15) is 0 Å². The first-order valence-electron chi connectivity index (χ1n) is 6.04. The highest BCUT2D eigenvalue weighted by Gasteiger charge is 2.52. The average Bonchev–Trinajstić information content (AvgIpc) is 2.25. The normalized spacial score (nSPS) is 31.0. The number of methoxy groups -OCH3 is 1. The standard InChI is InChI=1S/C12H25NO2/c1-5-12(6-2)10(7-11(12)15-4)13-9(3)8-14/h9-11,13-14H,5-8H2,1-4H3/t9-,10+,11+/m0/s1. The van der Waals surface area contributed by atoms with E-state index in [4.69, 9.17) is 9.84 Å². The van der Waals surface area contributed by atoms with Crippen molar-refractivity contribution in [2.75, 3.05) is 13.7 Å². The zero-order valence-electron chi connectivity index (χ0n) is 10.4. The molecule has 0 aliphatic heterocycles. The van der Waals surface area contributed by atoms with Crippen LogP contribution in [0.15, 0.2) is 0 Å². The summed E-state index contributed by atoms with van der Waals surface area (Å²) in [7, 11) is 1.80. The highest BCUT2D eigenvalue weighted by Crippen LogP contribution is 2.48. The van der Waals surface area contributed by atoms with Gasteiger partial charge in [0.05, 0.1) is 12.7 Å². The fourth-order valence-corrected chi connectivity index (χ4v) is 2.91. The lowest BCUT2D eigenvalue weighted by atomic mass is 9.58. The number of nitrogens with one attached hydrogen (secondary N) is 1. The van der Waals surface area contributed by atoms with E-state index in [9.17, 15) is 0 Å². The third-order valence-corrected chi connectivity index (χ3v) is 4.15. The molecule has 3 heteroatoms. The molecule has 1 aliphatic rings. The van der Waals surface area contributed by atoms with Gasteiger partial charge in [-0.15, -0.1) is 0 Å². The van der Waals surface area contributed by atoms with Crippen molar-refractivity contribution in [3.8, 4) is 0 Å². The van der Waals surface area contributed by atoms with Crippen molar-refractivity contribution < 1.29 is 9.84 Å². The third kappa shape index (κ3) is 2.19. The first-order valence-corrected chi connectivity index (χ1v) is 6.04. The van der Waals surface area contributed by atoms with Crippen LogP contribution in [-0.2, 0) is 4.74 Å². The largest absolute Gasteiger partial charge is 0.395 e. The van der Waals surface area contributed by atoms with Crippen LogP contribution >= 0.6 is 0 Å². The Morgan fingerprint density at radius 2 is 2.07 bits per heavy atom. The second kappa shape index (κ2) is 5.28. The summed E-state index contributed by atoms with van der Waals surface area (Å²) in [6, 6.07) is 0.685. The molecule has 3 nitrogen and oxygen atoms in total. The van der Waals surface area contributed by atoms with Crippen molar-refractivity contribution in [2.45, 2.75) is 58.2 Å². The van der Waals surface area contributed by atoms with Crippen LogP contribution in [0.5, 0.6) is 0 Å². The average molecular weight is 215 g/mol. The Hall–Kier alpha value is -0.120. The van der Waals surface area contributed by atoms with Crippen LogP contribution in [0.1, 0.15) is 40.0 Å². The third-order valence-electron chi connectivity index (χ3n) is 4.15. The van der Waals surface area contributed by atoms with Crippen molar-refractivity contribution in [1.29, 1.82) is 0 Å². The highest BCUT2D eigenvalue weighted by atomic mass is 16.5. The molecule has 0 amide bonds. The minimum atomic E-state index is 0.185. The second-order valence-corrected chi connectivity index (χ2v) is 4.70. The molecule has 3 atom stereocenters. The van der Waals surface area contributed by atoms with Gasteiger partial charge < -0.3 is 15.2 Å². The predicted octanol–water partition coefficient (Wildman–Crippen LogP) is 1.55. The molecule has 90 valence electrons. The molecule has 0 heterocycles. The lowest BCUT2D eigenvalue weighted by Gasteiger charge is -2.56. The van der Waals surface area contributed by atoms with Crippen LogP contribution < -0.4 is 5.32 Å². The van der Waals surface area contributed by atoms with Gasteiger partial charge in [0.2, 0.25) is 0 Å². The highest BCUT2D eigenvalue weighted by molar-refractivity contribution is 5.07. The molecular formula is C12H25NO2. The van der Waals surface area contributed by atoms with Gasteiger partial charge in [0.15, 0.2) is 0 Å². The Labute approximate surface area is 93.2 Å². The molecule has 0 aromatic rings. The van der Waals surface area contributed by atoms with E-state index >= 15 is 0 Å². The van der Waals surface area contributed by atoms with Gasteiger partial charge in [-0.1, -0.05) is 13.8 Å². The van der Waals surface area contributed by atoms with Crippen molar-refractivity contribution in [3.05, 3.63) is 0 Å².